The van der Waals surface area contributed by atoms with Crippen LogP contribution in [-0.4, -0.2) is 29.9 Å². The van der Waals surface area contributed by atoms with Gasteiger partial charge in [0.05, 0.1) is 0 Å². The highest BCUT2D eigenvalue weighted by atomic mass is 16.1. The van der Waals surface area contributed by atoms with Gasteiger partial charge in [0.1, 0.15) is 0 Å². The first-order chi connectivity index (χ1) is 13.1. The molecule has 1 aliphatic heterocycles. The lowest BCUT2D eigenvalue weighted by molar-refractivity contribution is 0.0939. The lowest BCUT2D eigenvalue weighted by Gasteiger charge is -2.32. The van der Waals surface area contributed by atoms with E-state index in [9.17, 15) is 4.79 Å². The average molecular weight is 365 g/mol. The van der Waals surface area contributed by atoms with Crippen LogP contribution in [0.2, 0.25) is 0 Å². The van der Waals surface area contributed by atoms with E-state index in [2.05, 4.69) is 59.6 Å². The van der Waals surface area contributed by atoms with E-state index in [0.717, 1.165) is 37.5 Å². The Bertz CT molecular complexity index is 703. The van der Waals surface area contributed by atoms with E-state index >= 15 is 0 Å². The molecule has 0 aliphatic carbocycles. The number of carbonyl (C=O) groups excluding carboxylic acids is 1. The summed E-state index contributed by atoms with van der Waals surface area (Å²) in [4.78, 5) is 14.7. The van der Waals surface area contributed by atoms with Crippen LogP contribution in [0.5, 0.6) is 0 Å². The van der Waals surface area contributed by atoms with Crippen LogP contribution >= 0.6 is 0 Å². The Morgan fingerprint density at radius 1 is 1.04 bits per heavy atom. The van der Waals surface area contributed by atoms with Gasteiger partial charge in [-0.3, -0.25) is 9.69 Å². The summed E-state index contributed by atoms with van der Waals surface area (Å²) >= 11 is 0. The SMILES string of the molecule is CC[C@@H](C)NC(=O)c1ccc(CN2CCC(Cc3ccccc3)CC2)cc1. The standard InChI is InChI=1S/C24H32N2O/c1-3-19(2)25-24(27)23-11-9-22(10-12-23)18-26-15-13-21(14-16-26)17-20-7-5-4-6-8-20/h4-12,19,21H,3,13-18H2,1-2H3,(H,25,27)/t19-/m1/s1. The third kappa shape index (κ3) is 5.93. The molecule has 0 radical (unpaired) electrons. The zero-order valence-electron chi connectivity index (χ0n) is 16.7. The molecule has 3 nitrogen and oxygen atoms in total. The van der Waals surface area contributed by atoms with Crippen LogP contribution in [0.4, 0.5) is 0 Å². The van der Waals surface area contributed by atoms with Crippen molar-refractivity contribution >= 4 is 5.91 Å². The Morgan fingerprint density at radius 3 is 2.33 bits per heavy atom. The van der Waals surface area contributed by atoms with Gasteiger partial charge in [-0.15, -0.1) is 0 Å². The molecule has 2 aromatic rings. The number of piperidine rings is 1. The van der Waals surface area contributed by atoms with E-state index < -0.39 is 0 Å². The molecule has 3 rings (SSSR count). The number of likely N-dealkylation sites (tertiary alicyclic amines) is 1. The lowest BCUT2D eigenvalue weighted by atomic mass is 9.90. The molecule has 1 aliphatic rings. The predicted molar refractivity (Wildman–Crippen MR) is 112 cm³/mol. The highest BCUT2D eigenvalue weighted by Gasteiger charge is 2.19. The quantitative estimate of drug-likeness (QED) is 0.774. The third-order valence-electron chi connectivity index (χ3n) is 5.69. The zero-order chi connectivity index (χ0) is 19.1. The summed E-state index contributed by atoms with van der Waals surface area (Å²) in [5, 5.41) is 3.02. The number of hydrogen-bond donors (Lipinski definition) is 1. The Hall–Kier alpha value is -2.13. The Kier molecular flexibility index (Phi) is 7.05. The van der Waals surface area contributed by atoms with E-state index in [1.807, 2.05) is 19.1 Å². The first kappa shape index (κ1) is 19.6. The molecule has 0 aromatic heterocycles. The Morgan fingerprint density at radius 2 is 1.70 bits per heavy atom. The first-order valence-corrected chi connectivity index (χ1v) is 10.3. The fraction of sp³-hybridized carbons (Fsp3) is 0.458. The summed E-state index contributed by atoms with van der Waals surface area (Å²) in [6, 6.07) is 19.2. The van der Waals surface area contributed by atoms with Gasteiger partial charge < -0.3 is 5.32 Å². The molecule has 1 atom stereocenters. The summed E-state index contributed by atoms with van der Waals surface area (Å²) in [5.74, 6) is 0.827. The van der Waals surface area contributed by atoms with Crippen molar-refractivity contribution in [3.8, 4) is 0 Å². The van der Waals surface area contributed by atoms with Gasteiger partial charge >= 0.3 is 0 Å². The van der Waals surface area contributed by atoms with Crippen molar-refractivity contribution in [2.75, 3.05) is 13.1 Å². The molecule has 1 saturated heterocycles. The number of carbonyl (C=O) groups is 1. The van der Waals surface area contributed by atoms with Gasteiger partial charge in [-0.05, 0) is 74.9 Å². The van der Waals surface area contributed by atoms with Crippen molar-refractivity contribution in [2.45, 2.75) is 52.1 Å². The van der Waals surface area contributed by atoms with Crippen LogP contribution in [0, 0.1) is 5.92 Å². The van der Waals surface area contributed by atoms with Crippen LogP contribution in [0.1, 0.15) is 54.6 Å². The Labute approximate surface area is 163 Å². The van der Waals surface area contributed by atoms with Crippen molar-refractivity contribution < 1.29 is 4.79 Å². The Balaban J connectivity index is 1.45. The maximum atomic E-state index is 12.2. The minimum Gasteiger partial charge on any atom is -0.350 e. The van der Waals surface area contributed by atoms with Gasteiger partial charge in [0.15, 0.2) is 0 Å². The molecule has 27 heavy (non-hydrogen) atoms. The molecule has 2 aromatic carbocycles. The van der Waals surface area contributed by atoms with Crippen LogP contribution in [-0.2, 0) is 13.0 Å². The number of nitrogens with one attached hydrogen (secondary N) is 1. The second-order valence-electron chi connectivity index (χ2n) is 7.89. The number of rotatable bonds is 7. The van der Waals surface area contributed by atoms with Crippen molar-refractivity contribution in [1.82, 2.24) is 10.2 Å². The molecule has 3 heteroatoms. The monoisotopic (exact) mass is 364 g/mol. The maximum absolute atomic E-state index is 12.2. The minimum absolute atomic E-state index is 0.0256. The zero-order valence-corrected chi connectivity index (χ0v) is 16.7. The van der Waals surface area contributed by atoms with Crippen molar-refractivity contribution in [2.24, 2.45) is 5.92 Å². The van der Waals surface area contributed by atoms with Gasteiger partial charge in [0.2, 0.25) is 0 Å². The van der Waals surface area contributed by atoms with E-state index in [4.69, 9.17) is 0 Å². The normalized spacial score (nSPS) is 16.8. The van der Waals surface area contributed by atoms with Gasteiger partial charge in [0.25, 0.3) is 5.91 Å². The van der Waals surface area contributed by atoms with Crippen LogP contribution in [0.25, 0.3) is 0 Å². The molecule has 0 saturated carbocycles. The number of benzene rings is 2. The smallest absolute Gasteiger partial charge is 0.251 e. The first-order valence-electron chi connectivity index (χ1n) is 10.3. The molecule has 1 N–H and O–H groups in total. The second kappa shape index (κ2) is 9.70. The van der Waals surface area contributed by atoms with Crippen LogP contribution in [0.3, 0.4) is 0 Å². The summed E-state index contributed by atoms with van der Waals surface area (Å²) in [6.07, 6.45) is 4.69. The van der Waals surface area contributed by atoms with Crippen LogP contribution < -0.4 is 5.32 Å². The third-order valence-corrected chi connectivity index (χ3v) is 5.69. The molecule has 1 amide bonds. The topological polar surface area (TPSA) is 32.3 Å². The largest absolute Gasteiger partial charge is 0.350 e. The van der Waals surface area contributed by atoms with Crippen molar-refractivity contribution in [1.29, 1.82) is 0 Å². The molecular formula is C24H32N2O. The molecule has 144 valence electrons. The molecule has 1 heterocycles. The molecule has 0 spiro atoms. The van der Waals surface area contributed by atoms with Crippen molar-refractivity contribution in [3.05, 3.63) is 71.3 Å². The van der Waals surface area contributed by atoms with E-state index in [0.29, 0.717) is 0 Å². The van der Waals surface area contributed by atoms with Gasteiger partial charge in [0, 0.05) is 18.2 Å². The van der Waals surface area contributed by atoms with Gasteiger partial charge in [-0.25, -0.2) is 0 Å². The summed E-state index contributed by atoms with van der Waals surface area (Å²) < 4.78 is 0. The minimum atomic E-state index is 0.0256. The molecule has 1 fully saturated rings. The summed E-state index contributed by atoms with van der Waals surface area (Å²) in [7, 11) is 0. The fourth-order valence-corrected chi connectivity index (χ4v) is 3.73. The molecule has 0 unspecified atom stereocenters. The average Bonchev–Trinajstić information content (AvgIpc) is 2.70. The highest BCUT2D eigenvalue weighted by Crippen LogP contribution is 2.23. The highest BCUT2D eigenvalue weighted by molar-refractivity contribution is 5.94. The number of hydrogen-bond acceptors (Lipinski definition) is 2. The fourth-order valence-electron chi connectivity index (χ4n) is 3.73. The van der Waals surface area contributed by atoms with Crippen LogP contribution in [0.15, 0.2) is 54.6 Å². The van der Waals surface area contributed by atoms with Crippen molar-refractivity contribution in [3.63, 3.8) is 0 Å². The predicted octanol–water partition coefficient (Wildman–Crippen LogP) is 4.67. The second-order valence-corrected chi connectivity index (χ2v) is 7.89. The van der Waals surface area contributed by atoms with Gasteiger partial charge in [-0.2, -0.15) is 0 Å². The van der Waals surface area contributed by atoms with E-state index in [-0.39, 0.29) is 11.9 Å². The van der Waals surface area contributed by atoms with Gasteiger partial charge in [-0.1, -0.05) is 49.4 Å². The number of nitrogens with zero attached hydrogens (tertiary/aromatic N) is 1. The number of amides is 1. The lowest BCUT2D eigenvalue weighted by Crippen LogP contribution is -2.34. The van der Waals surface area contributed by atoms with E-state index in [1.54, 1.807) is 0 Å². The summed E-state index contributed by atoms with van der Waals surface area (Å²) in [6.45, 7) is 7.41. The molecular weight excluding hydrogens is 332 g/mol. The molecule has 0 bridgehead atoms. The summed E-state index contributed by atoms with van der Waals surface area (Å²) in [5.41, 5.74) is 3.50. The maximum Gasteiger partial charge on any atom is 0.251 e. The van der Waals surface area contributed by atoms with E-state index in [1.165, 1.54) is 30.4 Å².